The number of hydrogen-bond acceptors (Lipinski definition) is 5. The third-order valence-electron chi connectivity index (χ3n) is 6.13. The Labute approximate surface area is 180 Å². The number of piperazine rings is 1. The molecule has 0 aliphatic carbocycles. The van der Waals surface area contributed by atoms with Crippen LogP contribution in [0.4, 0.5) is 5.69 Å². The number of hydrogen-bond donors (Lipinski definition) is 1. The maximum Gasteiger partial charge on any atom is 0.258 e. The van der Waals surface area contributed by atoms with E-state index in [0.717, 1.165) is 37.4 Å². The maximum atomic E-state index is 13.2. The monoisotopic (exact) mass is 416 g/mol. The topological polar surface area (TPSA) is 85.4 Å². The van der Waals surface area contributed by atoms with Gasteiger partial charge in [0.25, 0.3) is 11.8 Å². The zero-order chi connectivity index (χ0) is 21.4. The van der Waals surface area contributed by atoms with Gasteiger partial charge in [-0.1, -0.05) is 18.2 Å². The summed E-state index contributed by atoms with van der Waals surface area (Å²) in [7, 11) is 2.07. The van der Waals surface area contributed by atoms with Crippen LogP contribution in [0.2, 0.25) is 0 Å². The van der Waals surface area contributed by atoms with E-state index in [9.17, 15) is 9.59 Å². The molecule has 1 atom stereocenters. The number of aromatic amines is 1. The maximum absolute atomic E-state index is 13.2. The van der Waals surface area contributed by atoms with Gasteiger partial charge < -0.3 is 14.7 Å². The molecule has 1 unspecified atom stereocenters. The molecule has 2 aliphatic rings. The Balaban J connectivity index is 1.49. The number of carbonyl (C=O) groups is 2. The molecule has 1 N–H and O–H groups in total. The lowest BCUT2D eigenvalue weighted by Gasteiger charge is -2.32. The minimum Gasteiger partial charge on any atom is -0.336 e. The van der Waals surface area contributed by atoms with E-state index in [2.05, 4.69) is 27.1 Å². The number of aromatic nitrogens is 3. The minimum absolute atomic E-state index is 0.0278. The number of carbonyl (C=O) groups excluding carboxylic acids is 2. The average Bonchev–Trinajstić information content (AvgIpc) is 3.47. The summed E-state index contributed by atoms with van der Waals surface area (Å²) in [4.78, 5) is 36.6. The highest BCUT2D eigenvalue weighted by Crippen LogP contribution is 2.40. The van der Waals surface area contributed by atoms with Crippen LogP contribution >= 0.6 is 0 Å². The zero-order valence-corrected chi connectivity index (χ0v) is 17.4. The fourth-order valence-corrected chi connectivity index (χ4v) is 4.33. The second-order valence-electron chi connectivity index (χ2n) is 8.07. The van der Waals surface area contributed by atoms with E-state index in [1.165, 1.54) is 6.33 Å². The fraction of sp³-hybridized carbons (Fsp3) is 0.304. The second-order valence-corrected chi connectivity index (χ2v) is 8.07. The molecule has 31 heavy (non-hydrogen) atoms. The molecule has 3 aromatic rings. The van der Waals surface area contributed by atoms with Gasteiger partial charge in [-0.05, 0) is 42.9 Å². The molecule has 0 spiro atoms. The number of benzene rings is 2. The number of nitrogens with zero attached hydrogens (tertiary/aromatic N) is 5. The Morgan fingerprint density at radius 3 is 2.45 bits per heavy atom. The molecule has 2 aromatic carbocycles. The molecule has 158 valence electrons. The highest BCUT2D eigenvalue weighted by Gasteiger charge is 2.36. The average molecular weight is 416 g/mol. The number of fused-ring (bicyclic) bond motifs is 1. The van der Waals surface area contributed by atoms with Crippen molar-refractivity contribution in [3.63, 3.8) is 0 Å². The molecule has 3 heterocycles. The summed E-state index contributed by atoms with van der Waals surface area (Å²) in [5, 5.41) is 6.92. The van der Waals surface area contributed by atoms with E-state index in [4.69, 9.17) is 0 Å². The molecule has 8 nitrogen and oxygen atoms in total. The van der Waals surface area contributed by atoms with Crippen LogP contribution in [0.3, 0.4) is 0 Å². The van der Waals surface area contributed by atoms with Crippen molar-refractivity contribution in [2.24, 2.45) is 0 Å². The molecule has 5 rings (SSSR count). The van der Waals surface area contributed by atoms with Crippen molar-refractivity contribution in [3.8, 4) is 0 Å². The lowest BCUT2D eigenvalue weighted by Crippen LogP contribution is -2.47. The molecule has 8 heteroatoms. The molecule has 2 aliphatic heterocycles. The first kappa shape index (κ1) is 19.4. The van der Waals surface area contributed by atoms with Crippen LogP contribution in [0.25, 0.3) is 0 Å². The normalized spacial score (nSPS) is 18.8. The van der Waals surface area contributed by atoms with Gasteiger partial charge in [0.15, 0.2) is 0 Å². The van der Waals surface area contributed by atoms with Crippen molar-refractivity contribution < 1.29 is 9.59 Å². The first-order chi connectivity index (χ1) is 15.1. The molecule has 2 amide bonds. The molecule has 0 saturated carbocycles. The van der Waals surface area contributed by atoms with Gasteiger partial charge in [-0.3, -0.25) is 14.7 Å². The van der Waals surface area contributed by atoms with Gasteiger partial charge in [-0.15, -0.1) is 0 Å². The van der Waals surface area contributed by atoms with Crippen LogP contribution in [0.5, 0.6) is 0 Å². The fourth-order valence-electron chi connectivity index (χ4n) is 4.33. The summed E-state index contributed by atoms with van der Waals surface area (Å²) in [6.07, 6.45) is 1.47. The zero-order valence-electron chi connectivity index (χ0n) is 17.4. The third-order valence-corrected chi connectivity index (χ3v) is 6.13. The van der Waals surface area contributed by atoms with Crippen molar-refractivity contribution in [2.75, 3.05) is 44.7 Å². The summed E-state index contributed by atoms with van der Waals surface area (Å²) >= 11 is 0. The van der Waals surface area contributed by atoms with Crippen molar-refractivity contribution in [1.82, 2.24) is 25.0 Å². The van der Waals surface area contributed by atoms with Crippen LogP contribution in [0.1, 0.15) is 38.0 Å². The number of rotatable bonds is 3. The van der Waals surface area contributed by atoms with Gasteiger partial charge in [-0.2, -0.15) is 5.10 Å². The Bertz CT molecular complexity index is 1090. The number of likely N-dealkylation sites (N-methyl/N-ethyl adjacent to an activating group) is 1. The van der Waals surface area contributed by atoms with E-state index in [1.807, 2.05) is 53.4 Å². The Morgan fingerprint density at radius 1 is 0.968 bits per heavy atom. The van der Waals surface area contributed by atoms with E-state index in [1.54, 1.807) is 4.90 Å². The molecule has 0 radical (unpaired) electrons. The van der Waals surface area contributed by atoms with Crippen molar-refractivity contribution in [3.05, 3.63) is 77.4 Å². The van der Waals surface area contributed by atoms with Crippen molar-refractivity contribution in [1.29, 1.82) is 0 Å². The lowest BCUT2D eigenvalue weighted by atomic mass is 9.98. The Hall–Kier alpha value is -3.52. The van der Waals surface area contributed by atoms with Gasteiger partial charge in [0, 0.05) is 49.5 Å². The van der Waals surface area contributed by atoms with Gasteiger partial charge in [0.2, 0.25) is 0 Å². The predicted molar refractivity (Wildman–Crippen MR) is 116 cm³/mol. The van der Waals surface area contributed by atoms with Crippen molar-refractivity contribution in [2.45, 2.75) is 5.92 Å². The van der Waals surface area contributed by atoms with Gasteiger partial charge >= 0.3 is 0 Å². The third kappa shape index (κ3) is 3.59. The van der Waals surface area contributed by atoms with Crippen LogP contribution in [-0.2, 0) is 0 Å². The summed E-state index contributed by atoms with van der Waals surface area (Å²) in [5.74, 6) is 0.487. The van der Waals surface area contributed by atoms with Crippen LogP contribution < -0.4 is 4.90 Å². The molecular weight excluding hydrogens is 392 g/mol. The predicted octanol–water partition coefficient (Wildman–Crippen LogP) is 1.98. The SMILES string of the molecule is CN1CCN(C(=O)c2ccc3c(c2)C(c2ncn[nH]2)CN3C(=O)c2ccccc2)CC1. The van der Waals surface area contributed by atoms with Crippen molar-refractivity contribution >= 4 is 17.5 Å². The summed E-state index contributed by atoms with van der Waals surface area (Å²) in [6.45, 7) is 3.63. The smallest absolute Gasteiger partial charge is 0.258 e. The largest absolute Gasteiger partial charge is 0.336 e. The minimum atomic E-state index is -0.162. The molecule has 0 bridgehead atoms. The molecule has 1 fully saturated rings. The lowest BCUT2D eigenvalue weighted by molar-refractivity contribution is 0.0664. The number of amides is 2. The molecule has 1 saturated heterocycles. The first-order valence-corrected chi connectivity index (χ1v) is 10.5. The first-order valence-electron chi connectivity index (χ1n) is 10.5. The Kier molecular flexibility index (Phi) is 4.99. The van der Waals surface area contributed by atoms with Crippen LogP contribution in [0.15, 0.2) is 54.9 Å². The molecular formula is C23H24N6O2. The summed E-state index contributed by atoms with van der Waals surface area (Å²) in [6, 6.07) is 14.9. The standard InChI is InChI=1S/C23H24N6O2/c1-27-9-11-28(12-10-27)22(30)17-7-8-20-18(13-17)19(21-24-15-25-26-21)14-29(20)23(31)16-5-3-2-4-6-16/h2-8,13,15,19H,9-12,14H2,1H3,(H,24,25,26). The van der Waals surface area contributed by atoms with Crippen LogP contribution in [-0.4, -0.2) is 76.6 Å². The van der Waals surface area contributed by atoms with Gasteiger partial charge in [0.1, 0.15) is 12.2 Å². The quantitative estimate of drug-likeness (QED) is 0.706. The van der Waals surface area contributed by atoms with E-state index in [-0.39, 0.29) is 17.7 Å². The second kappa shape index (κ2) is 7.96. The summed E-state index contributed by atoms with van der Waals surface area (Å²) in [5.41, 5.74) is 3.00. The highest BCUT2D eigenvalue weighted by molar-refractivity contribution is 6.08. The van der Waals surface area contributed by atoms with Gasteiger partial charge in [0.05, 0.1) is 5.92 Å². The van der Waals surface area contributed by atoms with E-state index >= 15 is 0 Å². The van der Waals surface area contributed by atoms with E-state index < -0.39 is 0 Å². The summed E-state index contributed by atoms with van der Waals surface area (Å²) < 4.78 is 0. The number of anilines is 1. The Morgan fingerprint density at radius 2 is 1.74 bits per heavy atom. The van der Waals surface area contributed by atoms with E-state index in [0.29, 0.717) is 23.5 Å². The highest BCUT2D eigenvalue weighted by atomic mass is 16.2. The number of nitrogens with one attached hydrogen (secondary N) is 1. The number of H-pyrrole nitrogens is 1. The molecule has 1 aromatic heterocycles. The van der Waals surface area contributed by atoms with Crippen LogP contribution in [0, 0.1) is 0 Å². The van der Waals surface area contributed by atoms with Gasteiger partial charge in [-0.25, -0.2) is 4.98 Å².